The third-order valence-corrected chi connectivity index (χ3v) is 3.34. The average molecular weight is 241 g/mol. The monoisotopic (exact) mass is 240 g/mol. The Hall–Kier alpha value is -0.870. The van der Waals surface area contributed by atoms with Crippen LogP contribution in [-0.2, 0) is 0 Å². The molecule has 1 fully saturated rings. The fourth-order valence-electron chi connectivity index (χ4n) is 2.22. The topological polar surface area (TPSA) is 55.0 Å². The maximum absolute atomic E-state index is 6.13. The Morgan fingerprint density at radius 1 is 1.44 bits per heavy atom. The molecule has 88 valence electrons. The van der Waals surface area contributed by atoms with Crippen LogP contribution in [-0.4, -0.2) is 29.1 Å². The minimum Gasteiger partial charge on any atom is -0.351 e. The molecule has 0 bridgehead atoms. The van der Waals surface area contributed by atoms with Crippen molar-refractivity contribution in [3.05, 3.63) is 17.5 Å². The Morgan fingerprint density at radius 3 is 3.06 bits per heavy atom. The SMILES string of the molecule is NCC1CCCCCN1c1ncncc1Cl. The summed E-state index contributed by atoms with van der Waals surface area (Å²) in [5.41, 5.74) is 5.82. The summed E-state index contributed by atoms with van der Waals surface area (Å²) in [5.74, 6) is 0.828. The van der Waals surface area contributed by atoms with Gasteiger partial charge in [-0.2, -0.15) is 0 Å². The van der Waals surface area contributed by atoms with Gasteiger partial charge in [0.1, 0.15) is 11.3 Å². The van der Waals surface area contributed by atoms with Crippen molar-refractivity contribution in [1.29, 1.82) is 0 Å². The molecule has 1 aliphatic rings. The van der Waals surface area contributed by atoms with E-state index >= 15 is 0 Å². The molecule has 1 aromatic heterocycles. The standard InChI is InChI=1S/C11H17ClN4/c12-10-7-14-8-15-11(10)16-5-3-1-2-4-9(16)6-13/h7-9H,1-6,13H2. The van der Waals surface area contributed by atoms with Crippen molar-refractivity contribution in [3.8, 4) is 0 Å². The van der Waals surface area contributed by atoms with Crippen LogP contribution >= 0.6 is 11.6 Å². The van der Waals surface area contributed by atoms with Gasteiger partial charge in [-0.1, -0.05) is 24.4 Å². The number of aromatic nitrogens is 2. The van der Waals surface area contributed by atoms with Crippen LogP contribution in [0.3, 0.4) is 0 Å². The normalized spacial score (nSPS) is 21.9. The zero-order chi connectivity index (χ0) is 11.4. The summed E-state index contributed by atoms with van der Waals surface area (Å²) in [7, 11) is 0. The van der Waals surface area contributed by atoms with Crippen LogP contribution in [0.2, 0.25) is 5.02 Å². The van der Waals surface area contributed by atoms with Crippen LogP contribution in [0.4, 0.5) is 5.82 Å². The molecule has 4 nitrogen and oxygen atoms in total. The lowest BCUT2D eigenvalue weighted by Gasteiger charge is -2.30. The van der Waals surface area contributed by atoms with Gasteiger partial charge in [0.2, 0.25) is 0 Å². The summed E-state index contributed by atoms with van der Waals surface area (Å²) < 4.78 is 0. The summed E-state index contributed by atoms with van der Waals surface area (Å²) >= 11 is 6.13. The van der Waals surface area contributed by atoms with Crippen LogP contribution in [0.5, 0.6) is 0 Å². The molecule has 16 heavy (non-hydrogen) atoms. The van der Waals surface area contributed by atoms with E-state index in [2.05, 4.69) is 14.9 Å². The van der Waals surface area contributed by atoms with Crippen LogP contribution in [0, 0.1) is 0 Å². The highest BCUT2D eigenvalue weighted by atomic mass is 35.5. The van der Waals surface area contributed by atoms with E-state index in [0.717, 1.165) is 18.8 Å². The summed E-state index contributed by atoms with van der Waals surface area (Å²) in [5, 5.41) is 0.614. The van der Waals surface area contributed by atoms with Crippen molar-refractivity contribution < 1.29 is 0 Å². The third-order valence-electron chi connectivity index (χ3n) is 3.07. The Bertz CT molecular complexity index is 345. The molecule has 1 saturated heterocycles. The Morgan fingerprint density at radius 2 is 2.31 bits per heavy atom. The number of hydrogen-bond donors (Lipinski definition) is 1. The molecular formula is C11H17ClN4. The molecule has 0 spiro atoms. The number of halogens is 1. The fourth-order valence-corrected chi connectivity index (χ4v) is 2.43. The molecule has 5 heteroatoms. The summed E-state index contributed by atoms with van der Waals surface area (Å²) in [4.78, 5) is 10.4. The maximum atomic E-state index is 6.13. The Balaban J connectivity index is 2.25. The maximum Gasteiger partial charge on any atom is 0.151 e. The Kier molecular flexibility index (Phi) is 3.96. The predicted molar refractivity (Wildman–Crippen MR) is 65.7 cm³/mol. The molecule has 2 heterocycles. The van der Waals surface area contributed by atoms with Gasteiger partial charge in [0.25, 0.3) is 0 Å². The van der Waals surface area contributed by atoms with E-state index in [9.17, 15) is 0 Å². The first kappa shape index (κ1) is 11.6. The van der Waals surface area contributed by atoms with Crippen molar-refractivity contribution in [3.63, 3.8) is 0 Å². The largest absolute Gasteiger partial charge is 0.351 e. The van der Waals surface area contributed by atoms with Crippen molar-refractivity contribution >= 4 is 17.4 Å². The van der Waals surface area contributed by atoms with E-state index in [1.807, 2.05) is 0 Å². The van der Waals surface area contributed by atoms with E-state index in [1.165, 1.54) is 19.3 Å². The first-order valence-corrected chi connectivity index (χ1v) is 6.13. The second-order valence-corrected chi connectivity index (χ2v) is 4.53. The molecule has 1 aliphatic heterocycles. The average Bonchev–Trinajstić information content (AvgIpc) is 2.54. The second-order valence-electron chi connectivity index (χ2n) is 4.13. The lowest BCUT2D eigenvalue weighted by Crippen LogP contribution is -2.40. The summed E-state index contributed by atoms with van der Waals surface area (Å²) in [6.07, 6.45) is 7.98. The summed E-state index contributed by atoms with van der Waals surface area (Å²) in [6, 6.07) is 0.356. The highest BCUT2D eigenvalue weighted by Gasteiger charge is 2.22. The van der Waals surface area contributed by atoms with E-state index in [-0.39, 0.29) is 0 Å². The first-order chi connectivity index (χ1) is 7.83. The fraction of sp³-hybridized carbons (Fsp3) is 0.636. The predicted octanol–water partition coefficient (Wildman–Crippen LogP) is 1.84. The van der Waals surface area contributed by atoms with Gasteiger partial charge in [0.15, 0.2) is 5.82 Å². The van der Waals surface area contributed by atoms with Gasteiger partial charge in [-0.15, -0.1) is 0 Å². The van der Waals surface area contributed by atoms with Crippen molar-refractivity contribution in [2.75, 3.05) is 18.0 Å². The number of nitrogens with two attached hydrogens (primary N) is 1. The molecule has 0 saturated carbocycles. The molecule has 1 aromatic rings. The number of hydrogen-bond acceptors (Lipinski definition) is 4. The van der Waals surface area contributed by atoms with Crippen LogP contribution in [0.15, 0.2) is 12.5 Å². The molecule has 0 aromatic carbocycles. The molecule has 1 unspecified atom stereocenters. The van der Waals surface area contributed by atoms with Gasteiger partial charge in [-0.3, -0.25) is 0 Å². The highest BCUT2D eigenvalue weighted by molar-refractivity contribution is 6.32. The molecule has 0 amide bonds. The number of nitrogens with zero attached hydrogens (tertiary/aromatic N) is 3. The minimum absolute atomic E-state index is 0.356. The summed E-state index contributed by atoms with van der Waals surface area (Å²) in [6.45, 7) is 1.64. The van der Waals surface area contributed by atoms with Crippen molar-refractivity contribution in [2.24, 2.45) is 5.73 Å². The number of anilines is 1. The molecule has 0 radical (unpaired) electrons. The highest BCUT2D eigenvalue weighted by Crippen LogP contribution is 2.27. The Labute approximate surface area is 101 Å². The minimum atomic E-state index is 0.356. The number of rotatable bonds is 2. The van der Waals surface area contributed by atoms with Gasteiger partial charge < -0.3 is 10.6 Å². The quantitative estimate of drug-likeness (QED) is 0.857. The van der Waals surface area contributed by atoms with E-state index in [0.29, 0.717) is 17.6 Å². The molecule has 1 atom stereocenters. The van der Waals surface area contributed by atoms with E-state index in [1.54, 1.807) is 12.5 Å². The second kappa shape index (κ2) is 5.46. The zero-order valence-electron chi connectivity index (χ0n) is 9.27. The van der Waals surface area contributed by atoms with Gasteiger partial charge in [0, 0.05) is 19.1 Å². The van der Waals surface area contributed by atoms with E-state index < -0.39 is 0 Å². The van der Waals surface area contributed by atoms with Crippen LogP contribution in [0.1, 0.15) is 25.7 Å². The first-order valence-electron chi connectivity index (χ1n) is 5.75. The van der Waals surface area contributed by atoms with Crippen LogP contribution < -0.4 is 10.6 Å². The zero-order valence-corrected chi connectivity index (χ0v) is 10.0. The van der Waals surface area contributed by atoms with Gasteiger partial charge in [0.05, 0.1) is 6.20 Å². The molecule has 2 N–H and O–H groups in total. The smallest absolute Gasteiger partial charge is 0.151 e. The molecule has 0 aliphatic carbocycles. The third kappa shape index (κ3) is 2.44. The van der Waals surface area contributed by atoms with Crippen LogP contribution in [0.25, 0.3) is 0 Å². The van der Waals surface area contributed by atoms with Gasteiger partial charge in [-0.25, -0.2) is 9.97 Å². The molecule has 2 rings (SSSR count). The van der Waals surface area contributed by atoms with Gasteiger partial charge in [-0.05, 0) is 12.8 Å². The van der Waals surface area contributed by atoms with E-state index in [4.69, 9.17) is 17.3 Å². The van der Waals surface area contributed by atoms with Crippen molar-refractivity contribution in [1.82, 2.24) is 9.97 Å². The van der Waals surface area contributed by atoms with Crippen molar-refractivity contribution in [2.45, 2.75) is 31.7 Å². The molecular weight excluding hydrogens is 224 g/mol. The lowest BCUT2D eigenvalue weighted by atomic mass is 10.1. The van der Waals surface area contributed by atoms with Gasteiger partial charge >= 0.3 is 0 Å². The lowest BCUT2D eigenvalue weighted by molar-refractivity contribution is 0.575.